The zero-order valence-corrected chi connectivity index (χ0v) is 13.3. The molecule has 122 valence electrons. The van der Waals surface area contributed by atoms with Crippen LogP contribution < -0.4 is 5.56 Å². The predicted molar refractivity (Wildman–Crippen MR) is 80.7 cm³/mol. The number of ether oxygens (including phenoxy) is 1. The van der Waals surface area contributed by atoms with Crippen molar-refractivity contribution in [3.63, 3.8) is 0 Å². The molecule has 1 aromatic heterocycles. The number of hydrogen-bond donors (Lipinski definition) is 2. The van der Waals surface area contributed by atoms with Gasteiger partial charge in [-0.05, 0) is 13.8 Å². The molecule has 7 nitrogen and oxygen atoms in total. The molecule has 22 heavy (non-hydrogen) atoms. The van der Waals surface area contributed by atoms with Crippen LogP contribution in [0.25, 0.3) is 0 Å². The quantitative estimate of drug-likeness (QED) is 0.785. The number of carbonyl (C=O) groups is 1. The number of nitrogens with zero attached hydrogens (tertiary/aromatic N) is 2. The number of aliphatic hydroxyl groups excluding tert-OH is 1. The van der Waals surface area contributed by atoms with Crippen molar-refractivity contribution in [2.24, 2.45) is 0 Å². The first kappa shape index (κ1) is 16.6. The number of hydrogen-bond acceptors (Lipinski definition) is 5. The molecular weight excluding hydrogens is 286 g/mol. The molecule has 0 bridgehead atoms. The molecule has 1 aliphatic heterocycles. The minimum atomic E-state index is -0.677. The summed E-state index contributed by atoms with van der Waals surface area (Å²) in [6, 6.07) is -0.347. The summed E-state index contributed by atoms with van der Waals surface area (Å²) in [6.45, 7) is 6.51. The van der Waals surface area contributed by atoms with Crippen LogP contribution in [0.3, 0.4) is 0 Å². The van der Waals surface area contributed by atoms with E-state index in [1.165, 1.54) is 0 Å². The maximum absolute atomic E-state index is 12.5. The Balaban J connectivity index is 2.19. The van der Waals surface area contributed by atoms with Crippen molar-refractivity contribution in [3.05, 3.63) is 27.4 Å². The lowest BCUT2D eigenvalue weighted by Crippen LogP contribution is -2.47. The van der Waals surface area contributed by atoms with Gasteiger partial charge in [0.15, 0.2) is 0 Å². The molecule has 7 heteroatoms. The third-order valence-corrected chi connectivity index (χ3v) is 4.02. The van der Waals surface area contributed by atoms with E-state index in [-0.39, 0.29) is 30.5 Å². The molecule has 0 saturated carbocycles. The van der Waals surface area contributed by atoms with Gasteiger partial charge in [0, 0.05) is 24.2 Å². The van der Waals surface area contributed by atoms with E-state index in [0.29, 0.717) is 36.7 Å². The van der Waals surface area contributed by atoms with Crippen molar-refractivity contribution < 1.29 is 14.6 Å². The van der Waals surface area contributed by atoms with E-state index < -0.39 is 6.10 Å². The predicted octanol–water partition coefficient (Wildman–Crippen LogP) is -0.209. The second-order valence-corrected chi connectivity index (χ2v) is 5.46. The van der Waals surface area contributed by atoms with E-state index in [1.54, 1.807) is 11.8 Å². The second-order valence-electron chi connectivity index (χ2n) is 5.46. The first-order valence-corrected chi connectivity index (χ1v) is 7.61. The number of likely N-dealkylation sites (N-methyl/N-ethyl adjacent to an activating group) is 1. The molecule has 2 heterocycles. The van der Waals surface area contributed by atoms with Gasteiger partial charge in [0.25, 0.3) is 5.56 Å². The normalized spacial score (nSPS) is 21.1. The highest BCUT2D eigenvalue weighted by Crippen LogP contribution is 2.15. The van der Waals surface area contributed by atoms with E-state index in [0.717, 1.165) is 0 Å². The third-order valence-electron chi connectivity index (χ3n) is 4.02. The second kappa shape index (κ2) is 7.02. The molecule has 0 spiro atoms. The molecule has 0 radical (unpaired) electrons. The van der Waals surface area contributed by atoms with Gasteiger partial charge < -0.3 is 19.7 Å². The number of carbonyl (C=O) groups excluding carboxylic acids is 1. The smallest absolute Gasteiger partial charge is 0.254 e. The fraction of sp³-hybridized carbons (Fsp3) is 0.667. The van der Waals surface area contributed by atoms with Crippen LogP contribution in [-0.2, 0) is 22.4 Å². The van der Waals surface area contributed by atoms with Gasteiger partial charge in [0.2, 0.25) is 5.91 Å². The van der Waals surface area contributed by atoms with E-state index in [4.69, 9.17) is 4.74 Å². The molecule has 0 aliphatic carbocycles. The highest BCUT2D eigenvalue weighted by atomic mass is 16.5. The fourth-order valence-electron chi connectivity index (χ4n) is 2.72. The van der Waals surface area contributed by atoms with Crippen LogP contribution >= 0.6 is 0 Å². The summed E-state index contributed by atoms with van der Waals surface area (Å²) in [5.41, 5.74) is 0.694. The summed E-state index contributed by atoms with van der Waals surface area (Å²) >= 11 is 0. The summed E-state index contributed by atoms with van der Waals surface area (Å²) in [6.07, 6.45) is -0.0597. The van der Waals surface area contributed by atoms with Gasteiger partial charge in [0.1, 0.15) is 5.82 Å². The Morgan fingerprint density at radius 1 is 1.45 bits per heavy atom. The number of nitrogens with one attached hydrogen (secondary N) is 1. The molecule has 0 aromatic carbocycles. The van der Waals surface area contributed by atoms with Gasteiger partial charge in [0.05, 0.1) is 31.8 Å². The molecule has 1 amide bonds. The molecule has 2 N–H and O–H groups in total. The molecule has 0 unspecified atom stereocenters. The Morgan fingerprint density at radius 2 is 2.18 bits per heavy atom. The number of aromatic nitrogens is 2. The average Bonchev–Trinajstić information content (AvgIpc) is 2.89. The van der Waals surface area contributed by atoms with Crippen LogP contribution in [-0.4, -0.2) is 57.8 Å². The van der Waals surface area contributed by atoms with Crippen LogP contribution in [0.1, 0.15) is 30.9 Å². The molecule has 2 rings (SSSR count). The van der Waals surface area contributed by atoms with Gasteiger partial charge >= 0.3 is 0 Å². The van der Waals surface area contributed by atoms with Crippen LogP contribution in [0.2, 0.25) is 0 Å². The Labute approximate surface area is 129 Å². The van der Waals surface area contributed by atoms with Gasteiger partial charge in [-0.1, -0.05) is 6.92 Å². The van der Waals surface area contributed by atoms with Crippen LogP contribution in [0.15, 0.2) is 4.79 Å². The number of aromatic amines is 1. The molecule has 1 saturated heterocycles. The maximum atomic E-state index is 12.5. The number of rotatable bonds is 5. The number of H-pyrrole nitrogens is 1. The average molecular weight is 309 g/mol. The molecular formula is C15H23N3O4. The summed E-state index contributed by atoms with van der Waals surface area (Å²) in [4.78, 5) is 33.2. The summed E-state index contributed by atoms with van der Waals surface area (Å²) in [5, 5.41) is 9.88. The lowest BCUT2D eigenvalue weighted by atomic mass is 10.1. The van der Waals surface area contributed by atoms with Crippen LogP contribution in [0, 0.1) is 6.92 Å². The van der Waals surface area contributed by atoms with Gasteiger partial charge in [-0.2, -0.15) is 0 Å². The van der Waals surface area contributed by atoms with E-state index in [9.17, 15) is 14.7 Å². The first-order chi connectivity index (χ1) is 10.5. The largest absolute Gasteiger partial charge is 0.388 e. The van der Waals surface area contributed by atoms with Crippen molar-refractivity contribution in [2.45, 2.75) is 45.8 Å². The minimum Gasteiger partial charge on any atom is -0.388 e. The number of aryl methyl sites for hydroxylation is 2. The number of amides is 1. The molecule has 1 fully saturated rings. The van der Waals surface area contributed by atoms with E-state index >= 15 is 0 Å². The van der Waals surface area contributed by atoms with Crippen molar-refractivity contribution in [1.82, 2.24) is 14.9 Å². The SMILES string of the molecule is CCc1nc(C)c(CC(=O)N(CC)[C@@H]2COC[C@H]2O)c(=O)[nH]1. The Bertz CT molecular complexity index is 599. The van der Waals surface area contributed by atoms with Crippen LogP contribution in [0.4, 0.5) is 0 Å². The monoisotopic (exact) mass is 309 g/mol. The minimum absolute atomic E-state index is 0.0186. The van der Waals surface area contributed by atoms with Crippen LogP contribution in [0.5, 0.6) is 0 Å². The lowest BCUT2D eigenvalue weighted by Gasteiger charge is -2.28. The standard InChI is InChI=1S/C15H23N3O4/c1-4-13-16-9(3)10(15(21)17-13)6-14(20)18(5-2)11-7-22-8-12(11)19/h11-12,19H,4-8H2,1-3H3,(H,16,17,21)/t11-,12-/m1/s1. The summed E-state index contributed by atoms with van der Waals surface area (Å²) in [7, 11) is 0. The first-order valence-electron chi connectivity index (χ1n) is 7.61. The van der Waals surface area contributed by atoms with E-state index in [1.807, 2.05) is 13.8 Å². The topological polar surface area (TPSA) is 95.5 Å². The van der Waals surface area contributed by atoms with Gasteiger partial charge in [-0.25, -0.2) is 4.98 Å². The van der Waals surface area contributed by atoms with Crippen molar-refractivity contribution in [2.75, 3.05) is 19.8 Å². The van der Waals surface area contributed by atoms with Crippen molar-refractivity contribution >= 4 is 5.91 Å². The van der Waals surface area contributed by atoms with Gasteiger partial charge in [-0.3, -0.25) is 9.59 Å². The fourth-order valence-corrected chi connectivity index (χ4v) is 2.72. The Hall–Kier alpha value is -1.73. The molecule has 2 atom stereocenters. The van der Waals surface area contributed by atoms with Crippen molar-refractivity contribution in [1.29, 1.82) is 0 Å². The number of aliphatic hydroxyl groups is 1. The molecule has 1 aliphatic rings. The summed E-state index contributed by atoms with van der Waals surface area (Å²) in [5.74, 6) is 0.419. The maximum Gasteiger partial charge on any atom is 0.254 e. The van der Waals surface area contributed by atoms with E-state index in [2.05, 4.69) is 9.97 Å². The zero-order chi connectivity index (χ0) is 16.3. The van der Waals surface area contributed by atoms with Gasteiger partial charge in [-0.15, -0.1) is 0 Å². The highest BCUT2D eigenvalue weighted by molar-refractivity contribution is 5.79. The third kappa shape index (κ3) is 3.36. The van der Waals surface area contributed by atoms with Crippen molar-refractivity contribution in [3.8, 4) is 0 Å². The molecule has 1 aromatic rings. The lowest BCUT2D eigenvalue weighted by molar-refractivity contribution is -0.134. The Kier molecular flexibility index (Phi) is 5.31. The highest BCUT2D eigenvalue weighted by Gasteiger charge is 2.34. The Morgan fingerprint density at radius 3 is 2.68 bits per heavy atom. The zero-order valence-electron chi connectivity index (χ0n) is 13.3. The summed E-state index contributed by atoms with van der Waals surface area (Å²) < 4.78 is 5.21.